The fourth-order valence-electron chi connectivity index (χ4n) is 1.70. The molecule has 0 saturated carbocycles. The van der Waals surface area contributed by atoms with Gasteiger partial charge in [-0.3, -0.25) is 9.89 Å². The molecule has 3 N–H and O–H groups in total. The summed E-state index contributed by atoms with van der Waals surface area (Å²) >= 11 is 0. The average Bonchev–Trinajstić information content (AvgIpc) is 2.77. The maximum Gasteiger partial charge on any atom is 0.291 e. The Balaban J connectivity index is 2.13. The van der Waals surface area contributed by atoms with Crippen molar-refractivity contribution in [3.63, 3.8) is 0 Å². The van der Waals surface area contributed by atoms with E-state index in [-0.39, 0.29) is 23.8 Å². The molecule has 1 aliphatic heterocycles. The molecule has 0 aliphatic carbocycles. The minimum atomic E-state index is -0.122. The Kier molecular flexibility index (Phi) is 2.20. The van der Waals surface area contributed by atoms with E-state index in [0.29, 0.717) is 6.54 Å². The highest BCUT2D eigenvalue weighted by atomic mass is 16.2. The molecule has 1 saturated heterocycles. The Labute approximate surface area is 81.5 Å². The molecule has 1 aromatic heterocycles. The first-order valence-electron chi connectivity index (χ1n) is 4.62. The number of aromatic amines is 1. The molecule has 6 heteroatoms. The molecule has 2 atom stereocenters. The van der Waals surface area contributed by atoms with E-state index < -0.39 is 0 Å². The summed E-state index contributed by atoms with van der Waals surface area (Å²) in [6.07, 6.45) is 2.18. The van der Waals surface area contributed by atoms with Crippen LogP contribution < -0.4 is 5.73 Å². The second kappa shape index (κ2) is 3.38. The molecule has 1 aliphatic rings. The first-order valence-corrected chi connectivity index (χ1v) is 4.62. The van der Waals surface area contributed by atoms with Crippen molar-refractivity contribution in [2.75, 3.05) is 6.54 Å². The van der Waals surface area contributed by atoms with Crippen molar-refractivity contribution in [2.45, 2.75) is 25.4 Å². The monoisotopic (exact) mass is 195 g/mol. The molecule has 2 unspecified atom stereocenters. The molecular formula is C8H13N5O. The van der Waals surface area contributed by atoms with E-state index >= 15 is 0 Å². The smallest absolute Gasteiger partial charge is 0.291 e. The van der Waals surface area contributed by atoms with Gasteiger partial charge in [-0.2, -0.15) is 5.10 Å². The number of rotatable bonds is 1. The molecule has 0 aromatic carbocycles. The van der Waals surface area contributed by atoms with Crippen LogP contribution in [0.1, 0.15) is 24.0 Å². The number of hydrogen-bond acceptors (Lipinski definition) is 4. The van der Waals surface area contributed by atoms with Gasteiger partial charge in [0.25, 0.3) is 5.91 Å². The number of carbonyl (C=O) groups excluding carboxylic acids is 1. The number of nitrogens with zero attached hydrogens (tertiary/aromatic N) is 3. The van der Waals surface area contributed by atoms with Crippen LogP contribution in [-0.4, -0.2) is 44.6 Å². The zero-order valence-electron chi connectivity index (χ0n) is 7.97. The fourth-order valence-corrected chi connectivity index (χ4v) is 1.70. The molecule has 2 heterocycles. The van der Waals surface area contributed by atoms with Gasteiger partial charge in [0, 0.05) is 18.6 Å². The molecule has 1 amide bonds. The summed E-state index contributed by atoms with van der Waals surface area (Å²) < 4.78 is 0. The Morgan fingerprint density at radius 3 is 3.07 bits per heavy atom. The van der Waals surface area contributed by atoms with Crippen LogP contribution in [0.25, 0.3) is 0 Å². The highest BCUT2D eigenvalue weighted by Crippen LogP contribution is 2.17. The van der Waals surface area contributed by atoms with Crippen LogP contribution in [0.15, 0.2) is 6.33 Å². The second-order valence-corrected chi connectivity index (χ2v) is 3.53. The summed E-state index contributed by atoms with van der Waals surface area (Å²) in [6, 6.07) is 0.148. The lowest BCUT2D eigenvalue weighted by Gasteiger charge is -2.21. The maximum atomic E-state index is 11.8. The third-order valence-corrected chi connectivity index (χ3v) is 2.69. The summed E-state index contributed by atoms with van der Waals surface area (Å²) in [5.41, 5.74) is 5.82. The number of carbonyl (C=O) groups is 1. The van der Waals surface area contributed by atoms with Gasteiger partial charge in [0.2, 0.25) is 5.82 Å². The molecule has 0 bridgehead atoms. The Morgan fingerprint density at radius 1 is 1.79 bits per heavy atom. The highest BCUT2D eigenvalue weighted by molar-refractivity contribution is 5.90. The summed E-state index contributed by atoms with van der Waals surface area (Å²) in [5.74, 6) is 0.161. The van der Waals surface area contributed by atoms with E-state index in [1.54, 1.807) is 4.90 Å². The second-order valence-electron chi connectivity index (χ2n) is 3.53. The molecule has 0 radical (unpaired) electrons. The minimum Gasteiger partial charge on any atom is -0.332 e. The molecule has 1 aromatic rings. The number of nitrogens with two attached hydrogens (primary N) is 1. The van der Waals surface area contributed by atoms with Gasteiger partial charge in [0.1, 0.15) is 6.33 Å². The lowest BCUT2D eigenvalue weighted by molar-refractivity contribution is 0.0730. The largest absolute Gasteiger partial charge is 0.332 e. The van der Waals surface area contributed by atoms with E-state index in [2.05, 4.69) is 15.2 Å². The summed E-state index contributed by atoms with van der Waals surface area (Å²) in [5, 5.41) is 6.20. The van der Waals surface area contributed by atoms with Crippen molar-refractivity contribution in [1.29, 1.82) is 0 Å². The lowest BCUT2D eigenvalue weighted by Crippen LogP contribution is -2.40. The van der Waals surface area contributed by atoms with Gasteiger partial charge in [0.05, 0.1) is 0 Å². The number of likely N-dealkylation sites (tertiary alicyclic amines) is 1. The predicted molar refractivity (Wildman–Crippen MR) is 49.5 cm³/mol. The van der Waals surface area contributed by atoms with Crippen LogP contribution in [0.5, 0.6) is 0 Å². The molecule has 1 fully saturated rings. The number of hydrogen-bond donors (Lipinski definition) is 2. The third kappa shape index (κ3) is 1.37. The standard InChI is InChI=1S/C8H13N5O/c1-5-6(9)2-3-13(5)8(14)7-10-4-11-12-7/h4-6H,2-3,9H2,1H3,(H,10,11,12). The Hall–Kier alpha value is -1.43. The Morgan fingerprint density at radius 2 is 2.57 bits per heavy atom. The van der Waals surface area contributed by atoms with Gasteiger partial charge in [0.15, 0.2) is 0 Å². The van der Waals surface area contributed by atoms with E-state index in [0.717, 1.165) is 6.42 Å². The topological polar surface area (TPSA) is 87.9 Å². The predicted octanol–water partition coefficient (Wildman–Crippen LogP) is -0.634. The van der Waals surface area contributed by atoms with Crippen LogP contribution in [0.2, 0.25) is 0 Å². The van der Waals surface area contributed by atoms with Gasteiger partial charge >= 0.3 is 0 Å². The van der Waals surface area contributed by atoms with Crippen LogP contribution in [-0.2, 0) is 0 Å². The van der Waals surface area contributed by atoms with Crippen LogP contribution >= 0.6 is 0 Å². The summed E-state index contributed by atoms with van der Waals surface area (Å²) in [7, 11) is 0. The van der Waals surface area contributed by atoms with E-state index in [1.165, 1.54) is 6.33 Å². The number of amides is 1. The van der Waals surface area contributed by atoms with Crippen molar-refractivity contribution >= 4 is 5.91 Å². The quantitative estimate of drug-likeness (QED) is 0.624. The van der Waals surface area contributed by atoms with Gasteiger partial charge in [-0.05, 0) is 13.3 Å². The van der Waals surface area contributed by atoms with Gasteiger partial charge < -0.3 is 10.6 Å². The lowest BCUT2D eigenvalue weighted by atomic mass is 10.2. The van der Waals surface area contributed by atoms with E-state index in [9.17, 15) is 4.79 Å². The molecule has 0 spiro atoms. The zero-order chi connectivity index (χ0) is 10.1. The first-order chi connectivity index (χ1) is 6.70. The van der Waals surface area contributed by atoms with E-state index in [1.807, 2.05) is 6.92 Å². The van der Waals surface area contributed by atoms with Crippen LogP contribution in [0, 0.1) is 0 Å². The molecule has 76 valence electrons. The van der Waals surface area contributed by atoms with Gasteiger partial charge in [-0.1, -0.05) is 0 Å². The molecule has 2 rings (SSSR count). The number of aromatic nitrogens is 3. The summed E-state index contributed by atoms with van der Waals surface area (Å²) in [6.45, 7) is 2.65. The third-order valence-electron chi connectivity index (χ3n) is 2.69. The SMILES string of the molecule is CC1C(N)CCN1C(=O)c1ncn[nH]1. The fraction of sp³-hybridized carbons (Fsp3) is 0.625. The normalized spacial score (nSPS) is 26.9. The van der Waals surface area contributed by atoms with Crippen molar-refractivity contribution in [2.24, 2.45) is 5.73 Å². The first kappa shape index (κ1) is 9.14. The molecule has 6 nitrogen and oxygen atoms in total. The average molecular weight is 195 g/mol. The number of nitrogens with one attached hydrogen (secondary N) is 1. The zero-order valence-corrected chi connectivity index (χ0v) is 7.97. The van der Waals surface area contributed by atoms with Gasteiger partial charge in [-0.25, -0.2) is 4.98 Å². The number of H-pyrrole nitrogens is 1. The van der Waals surface area contributed by atoms with Crippen LogP contribution in [0.3, 0.4) is 0 Å². The molecular weight excluding hydrogens is 182 g/mol. The van der Waals surface area contributed by atoms with Crippen molar-refractivity contribution in [3.05, 3.63) is 12.2 Å². The molecule has 14 heavy (non-hydrogen) atoms. The van der Waals surface area contributed by atoms with Crippen molar-refractivity contribution in [1.82, 2.24) is 20.1 Å². The van der Waals surface area contributed by atoms with Gasteiger partial charge in [-0.15, -0.1) is 0 Å². The van der Waals surface area contributed by atoms with Crippen molar-refractivity contribution in [3.8, 4) is 0 Å². The van der Waals surface area contributed by atoms with Crippen LogP contribution in [0.4, 0.5) is 0 Å². The van der Waals surface area contributed by atoms with Crippen molar-refractivity contribution < 1.29 is 4.79 Å². The Bertz CT molecular complexity index is 322. The maximum absolute atomic E-state index is 11.8. The minimum absolute atomic E-state index is 0.0712. The summed E-state index contributed by atoms with van der Waals surface area (Å²) in [4.78, 5) is 17.3. The van der Waals surface area contributed by atoms with E-state index in [4.69, 9.17) is 5.73 Å². The highest BCUT2D eigenvalue weighted by Gasteiger charge is 2.32.